The summed E-state index contributed by atoms with van der Waals surface area (Å²) in [5.74, 6) is -0.681. The molecule has 0 aromatic carbocycles. The van der Waals surface area contributed by atoms with Gasteiger partial charge in [-0.2, -0.15) is 0 Å². The van der Waals surface area contributed by atoms with Crippen LogP contribution in [0.15, 0.2) is 0 Å². The molecule has 0 saturated carbocycles. The highest BCUT2D eigenvalue weighted by Crippen LogP contribution is 2.37. The van der Waals surface area contributed by atoms with Crippen molar-refractivity contribution in [3.8, 4) is 0 Å². The van der Waals surface area contributed by atoms with Gasteiger partial charge in [0.1, 0.15) is 0 Å². The van der Waals surface area contributed by atoms with Crippen LogP contribution in [0.5, 0.6) is 0 Å². The van der Waals surface area contributed by atoms with Gasteiger partial charge in [0.2, 0.25) is 0 Å². The molecule has 1 atom stereocenters. The highest BCUT2D eigenvalue weighted by Gasteiger charge is 2.41. The first-order valence-electron chi connectivity index (χ1n) is 5.03. The summed E-state index contributed by atoms with van der Waals surface area (Å²) in [6, 6.07) is 0. The molecule has 82 valence electrons. The Bertz CT molecular complexity index is 198. The van der Waals surface area contributed by atoms with Crippen LogP contribution in [-0.4, -0.2) is 36.0 Å². The van der Waals surface area contributed by atoms with E-state index in [0.29, 0.717) is 19.6 Å². The van der Waals surface area contributed by atoms with Crippen molar-refractivity contribution in [2.75, 3.05) is 19.8 Å². The summed E-state index contributed by atoms with van der Waals surface area (Å²) in [7, 11) is 0. The summed E-state index contributed by atoms with van der Waals surface area (Å²) >= 11 is 0. The summed E-state index contributed by atoms with van der Waals surface area (Å²) in [6.45, 7) is 2.93. The van der Waals surface area contributed by atoms with Crippen LogP contribution in [0.3, 0.4) is 0 Å². The smallest absolute Gasteiger partial charge is 0.309 e. The molecule has 2 N–H and O–H groups in total. The van der Waals surface area contributed by atoms with Crippen LogP contribution in [0.1, 0.15) is 26.2 Å². The molecule has 0 radical (unpaired) electrons. The molecule has 1 unspecified atom stereocenters. The van der Waals surface area contributed by atoms with Crippen molar-refractivity contribution in [3.63, 3.8) is 0 Å². The highest BCUT2D eigenvalue weighted by molar-refractivity contribution is 5.74. The molecule has 1 saturated heterocycles. The van der Waals surface area contributed by atoms with Crippen LogP contribution in [0, 0.1) is 11.3 Å². The van der Waals surface area contributed by atoms with Gasteiger partial charge in [-0.15, -0.1) is 0 Å². The summed E-state index contributed by atoms with van der Waals surface area (Å²) in [5.41, 5.74) is -0.793. The van der Waals surface area contributed by atoms with E-state index in [1.165, 1.54) is 0 Å². The van der Waals surface area contributed by atoms with Crippen molar-refractivity contribution >= 4 is 5.97 Å². The monoisotopic (exact) mass is 202 g/mol. The molecule has 0 spiro atoms. The topological polar surface area (TPSA) is 66.8 Å². The second-order valence-corrected chi connectivity index (χ2v) is 4.08. The predicted molar refractivity (Wildman–Crippen MR) is 51.0 cm³/mol. The van der Waals surface area contributed by atoms with E-state index in [2.05, 4.69) is 0 Å². The highest BCUT2D eigenvalue weighted by atomic mass is 16.5. The lowest BCUT2D eigenvalue weighted by Gasteiger charge is -2.35. The molecule has 0 aromatic heterocycles. The predicted octanol–water partition coefficient (Wildman–Crippen LogP) is 0.886. The number of carboxylic acid groups (broad SMARTS) is 1. The normalized spacial score (nSPS) is 23.0. The number of rotatable bonds is 4. The molecule has 1 aliphatic heterocycles. The lowest BCUT2D eigenvalue weighted by molar-refractivity contribution is -0.155. The molecule has 14 heavy (non-hydrogen) atoms. The zero-order valence-electron chi connectivity index (χ0n) is 8.53. The van der Waals surface area contributed by atoms with Crippen LogP contribution in [0.2, 0.25) is 0 Å². The number of hydrogen-bond acceptors (Lipinski definition) is 3. The van der Waals surface area contributed by atoms with E-state index in [4.69, 9.17) is 14.9 Å². The van der Waals surface area contributed by atoms with Gasteiger partial charge in [-0.3, -0.25) is 4.79 Å². The fourth-order valence-corrected chi connectivity index (χ4v) is 2.05. The lowest BCUT2D eigenvalue weighted by Crippen LogP contribution is -2.39. The molecule has 0 aliphatic carbocycles. The second kappa shape index (κ2) is 4.75. The van der Waals surface area contributed by atoms with E-state index in [1.54, 1.807) is 6.92 Å². The van der Waals surface area contributed by atoms with Gasteiger partial charge in [0, 0.05) is 19.8 Å². The number of aliphatic hydroxyl groups is 1. The summed E-state index contributed by atoms with van der Waals surface area (Å²) in [6.07, 6.45) is 1.89. The maximum Gasteiger partial charge on any atom is 0.309 e. The number of carbonyl (C=O) groups is 1. The Hall–Kier alpha value is -0.610. The van der Waals surface area contributed by atoms with Crippen molar-refractivity contribution in [1.82, 2.24) is 0 Å². The Labute approximate surface area is 83.9 Å². The Morgan fingerprint density at radius 1 is 1.50 bits per heavy atom. The molecule has 0 bridgehead atoms. The molecule has 4 nitrogen and oxygen atoms in total. The molecule has 1 rings (SSSR count). The minimum atomic E-state index is -0.807. The summed E-state index contributed by atoms with van der Waals surface area (Å²) in [4.78, 5) is 11.2. The minimum absolute atomic E-state index is 0.0693. The zero-order chi connectivity index (χ0) is 10.6. The first kappa shape index (κ1) is 11.5. The molecule has 0 amide bonds. The Morgan fingerprint density at radius 3 is 2.50 bits per heavy atom. The Kier molecular flexibility index (Phi) is 3.89. The quantitative estimate of drug-likeness (QED) is 0.710. The van der Waals surface area contributed by atoms with Crippen LogP contribution in [0.4, 0.5) is 0 Å². The van der Waals surface area contributed by atoms with Gasteiger partial charge in [0.15, 0.2) is 0 Å². The van der Waals surface area contributed by atoms with Crippen molar-refractivity contribution in [2.45, 2.75) is 26.2 Å². The van der Waals surface area contributed by atoms with E-state index in [9.17, 15) is 4.79 Å². The molecule has 1 fully saturated rings. The second-order valence-electron chi connectivity index (χ2n) is 4.08. The summed E-state index contributed by atoms with van der Waals surface area (Å²) < 4.78 is 5.20. The third kappa shape index (κ3) is 2.25. The van der Waals surface area contributed by atoms with Crippen LogP contribution < -0.4 is 0 Å². The third-order valence-electron chi connectivity index (χ3n) is 3.24. The first-order valence-corrected chi connectivity index (χ1v) is 5.03. The van der Waals surface area contributed by atoms with Gasteiger partial charge in [0.25, 0.3) is 0 Å². The minimum Gasteiger partial charge on any atom is -0.481 e. The van der Waals surface area contributed by atoms with E-state index in [0.717, 1.165) is 12.8 Å². The fourth-order valence-electron chi connectivity index (χ4n) is 2.05. The van der Waals surface area contributed by atoms with Crippen LogP contribution >= 0.6 is 0 Å². The van der Waals surface area contributed by atoms with Crippen LogP contribution in [-0.2, 0) is 9.53 Å². The lowest BCUT2D eigenvalue weighted by atomic mass is 9.71. The average molecular weight is 202 g/mol. The van der Waals surface area contributed by atoms with E-state index < -0.39 is 11.4 Å². The molecule has 4 heteroatoms. The van der Waals surface area contributed by atoms with E-state index in [1.807, 2.05) is 0 Å². The largest absolute Gasteiger partial charge is 0.481 e. The average Bonchev–Trinajstić information content (AvgIpc) is 2.19. The van der Waals surface area contributed by atoms with Crippen molar-refractivity contribution in [3.05, 3.63) is 0 Å². The summed E-state index contributed by atoms with van der Waals surface area (Å²) in [5, 5.41) is 18.1. The van der Waals surface area contributed by atoms with Gasteiger partial charge in [-0.05, 0) is 32.1 Å². The SMILES string of the molecule is CC(CCO)(C(=O)O)C1CCOCC1. The van der Waals surface area contributed by atoms with Gasteiger partial charge in [-0.25, -0.2) is 0 Å². The number of ether oxygens (including phenoxy) is 1. The number of carboxylic acids is 1. The van der Waals surface area contributed by atoms with Crippen molar-refractivity contribution in [1.29, 1.82) is 0 Å². The van der Waals surface area contributed by atoms with Gasteiger partial charge in [-0.1, -0.05) is 0 Å². The Balaban J connectivity index is 2.69. The Morgan fingerprint density at radius 2 is 2.07 bits per heavy atom. The molecule has 1 aliphatic rings. The van der Waals surface area contributed by atoms with E-state index >= 15 is 0 Å². The molecular weight excluding hydrogens is 184 g/mol. The molecular formula is C10H18O4. The van der Waals surface area contributed by atoms with Gasteiger partial charge >= 0.3 is 5.97 Å². The first-order chi connectivity index (χ1) is 6.61. The van der Waals surface area contributed by atoms with Crippen molar-refractivity contribution in [2.24, 2.45) is 11.3 Å². The number of aliphatic hydroxyl groups excluding tert-OH is 1. The van der Waals surface area contributed by atoms with Crippen molar-refractivity contribution < 1.29 is 19.7 Å². The molecule has 1 heterocycles. The fraction of sp³-hybridized carbons (Fsp3) is 0.900. The van der Waals surface area contributed by atoms with Gasteiger partial charge in [0.05, 0.1) is 5.41 Å². The van der Waals surface area contributed by atoms with Crippen LogP contribution in [0.25, 0.3) is 0 Å². The third-order valence-corrected chi connectivity index (χ3v) is 3.24. The molecule has 0 aromatic rings. The number of aliphatic carboxylic acids is 1. The maximum atomic E-state index is 11.2. The maximum absolute atomic E-state index is 11.2. The number of hydrogen-bond donors (Lipinski definition) is 2. The zero-order valence-corrected chi connectivity index (χ0v) is 8.53. The van der Waals surface area contributed by atoms with Gasteiger partial charge < -0.3 is 14.9 Å². The van der Waals surface area contributed by atoms with E-state index in [-0.39, 0.29) is 12.5 Å². The standard InChI is InChI=1S/C10H18O4/c1-10(4-5-11,9(12)13)8-2-6-14-7-3-8/h8,11H,2-7H2,1H3,(H,12,13).